The molecular weight excluding hydrogens is 158 g/mol. The van der Waals surface area contributed by atoms with E-state index in [2.05, 4.69) is 13.0 Å². The summed E-state index contributed by atoms with van der Waals surface area (Å²) in [5.41, 5.74) is -0.0165. The minimum Gasteiger partial charge on any atom is -0.198 e. The van der Waals surface area contributed by atoms with Crippen molar-refractivity contribution in [3.63, 3.8) is 0 Å². The number of nitriles is 1. The maximum atomic E-state index is 9.08. The van der Waals surface area contributed by atoms with Crippen LogP contribution in [-0.2, 0) is 0 Å². The highest BCUT2D eigenvalue weighted by Crippen LogP contribution is 2.31. The molecule has 0 saturated heterocycles. The van der Waals surface area contributed by atoms with E-state index in [0.29, 0.717) is 0 Å². The summed E-state index contributed by atoms with van der Waals surface area (Å²) in [6.07, 6.45) is 11.6. The summed E-state index contributed by atoms with van der Waals surface area (Å²) in [5.74, 6) is 0. The average molecular weight is 179 g/mol. The summed E-state index contributed by atoms with van der Waals surface area (Å²) in [7, 11) is 0. The van der Waals surface area contributed by atoms with E-state index >= 15 is 0 Å². The lowest BCUT2D eigenvalue weighted by molar-refractivity contribution is 0.328. The molecule has 1 rings (SSSR count). The Balaban J connectivity index is 2.40. The van der Waals surface area contributed by atoms with E-state index in [1.54, 1.807) is 0 Å². The molecule has 74 valence electrons. The zero-order valence-electron chi connectivity index (χ0n) is 8.81. The number of hydrogen-bond donors (Lipinski definition) is 0. The Labute approximate surface area is 82.1 Å². The van der Waals surface area contributed by atoms with E-state index in [-0.39, 0.29) is 5.41 Å². The normalized spacial score (nSPS) is 24.6. The van der Waals surface area contributed by atoms with Crippen molar-refractivity contribution in [3.8, 4) is 6.07 Å². The summed E-state index contributed by atoms with van der Waals surface area (Å²) in [4.78, 5) is 0. The smallest absolute Gasteiger partial charge is 0.0686 e. The molecule has 0 amide bonds. The Morgan fingerprint density at radius 1 is 0.846 bits per heavy atom. The van der Waals surface area contributed by atoms with E-state index in [0.717, 1.165) is 12.8 Å². The lowest BCUT2D eigenvalue weighted by Crippen LogP contribution is -2.14. The topological polar surface area (TPSA) is 23.8 Å². The molecule has 0 unspecified atom stereocenters. The molecule has 0 aliphatic heterocycles. The third kappa shape index (κ3) is 3.81. The maximum absolute atomic E-state index is 9.08. The van der Waals surface area contributed by atoms with Gasteiger partial charge in [0, 0.05) is 0 Å². The van der Waals surface area contributed by atoms with Crippen molar-refractivity contribution in [2.75, 3.05) is 0 Å². The predicted octanol–water partition coefficient (Wildman–Crippen LogP) is 4.04. The Morgan fingerprint density at radius 2 is 1.23 bits per heavy atom. The largest absolute Gasteiger partial charge is 0.198 e. The minimum atomic E-state index is -0.0165. The van der Waals surface area contributed by atoms with Crippen molar-refractivity contribution in [2.24, 2.45) is 5.41 Å². The van der Waals surface area contributed by atoms with Crippen molar-refractivity contribution in [2.45, 2.75) is 64.7 Å². The summed E-state index contributed by atoms with van der Waals surface area (Å²) < 4.78 is 0. The number of rotatable bonds is 0. The zero-order valence-corrected chi connectivity index (χ0v) is 8.81. The van der Waals surface area contributed by atoms with Crippen molar-refractivity contribution < 1.29 is 0 Å². The fourth-order valence-electron chi connectivity index (χ4n) is 2.15. The van der Waals surface area contributed by atoms with Crippen LogP contribution in [0.2, 0.25) is 0 Å². The monoisotopic (exact) mass is 179 g/mol. The summed E-state index contributed by atoms with van der Waals surface area (Å²) in [6.45, 7) is 2.13. The van der Waals surface area contributed by atoms with Crippen LogP contribution in [0, 0.1) is 16.7 Å². The number of nitrogens with zero attached hydrogens (tertiary/aromatic N) is 1. The highest BCUT2D eigenvalue weighted by atomic mass is 14.3. The van der Waals surface area contributed by atoms with E-state index in [4.69, 9.17) is 5.26 Å². The first-order valence-corrected chi connectivity index (χ1v) is 5.68. The van der Waals surface area contributed by atoms with Gasteiger partial charge in [0.15, 0.2) is 0 Å². The first-order chi connectivity index (χ1) is 6.27. The fraction of sp³-hybridized carbons (Fsp3) is 0.917. The Kier molecular flexibility index (Phi) is 4.28. The highest BCUT2D eigenvalue weighted by Gasteiger charge is 2.22. The van der Waals surface area contributed by atoms with Gasteiger partial charge >= 0.3 is 0 Å². The average Bonchev–Trinajstić information content (AvgIpc) is 2.16. The highest BCUT2D eigenvalue weighted by molar-refractivity contribution is 4.95. The van der Waals surface area contributed by atoms with Crippen LogP contribution in [0.15, 0.2) is 0 Å². The van der Waals surface area contributed by atoms with Gasteiger partial charge in [-0.3, -0.25) is 0 Å². The molecule has 1 aliphatic rings. The second kappa shape index (κ2) is 5.27. The second-order valence-electron chi connectivity index (χ2n) is 4.65. The van der Waals surface area contributed by atoms with Crippen LogP contribution >= 0.6 is 0 Å². The predicted molar refractivity (Wildman–Crippen MR) is 55.3 cm³/mol. The third-order valence-corrected chi connectivity index (χ3v) is 3.23. The van der Waals surface area contributed by atoms with Gasteiger partial charge in [-0.1, -0.05) is 44.9 Å². The van der Waals surface area contributed by atoms with Crippen LogP contribution in [0.5, 0.6) is 0 Å². The Morgan fingerprint density at radius 3 is 1.62 bits per heavy atom. The zero-order chi connectivity index (χ0) is 9.57. The third-order valence-electron chi connectivity index (χ3n) is 3.23. The Bertz CT molecular complexity index is 168. The van der Waals surface area contributed by atoms with Gasteiger partial charge in [0.05, 0.1) is 11.5 Å². The molecular formula is C12H21N. The molecule has 0 spiro atoms. The van der Waals surface area contributed by atoms with Crippen LogP contribution in [0.3, 0.4) is 0 Å². The van der Waals surface area contributed by atoms with E-state index < -0.39 is 0 Å². The minimum absolute atomic E-state index is 0.0165. The van der Waals surface area contributed by atoms with Crippen LogP contribution < -0.4 is 0 Å². The summed E-state index contributed by atoms with van der Waals surface area (Å²) in [6, 6.07) is 2.50. The molecule has 0 bridgehead atoms. The molecule has 0 N–H and O–H groups in total. The molecule has 1 heteroatoms. The van der Waals surface area contributed by atoms with Crippen molar-refractivity contribution in [1.82, 2.24) is 0 Å². The molecule has 1 saturated carbocycles. The molecule has 1 aliphatic carbocycles. The Hall–Kier alpha value is -0.510. The van der Waals surface area contributed by atoms with E-state index in [9.17, 15) is 0 Å². The summed E-state index contributed by atoms with van der Waals surface area (Å²) in [5, 5.41) is 9.08. The van der Waals surface area contributed by atoms with Gasteiger partial charge in [-0.2, -0.15) is 5.26 Å². The maximum Gasteiger partial charge on any atom is 0.0686 e. The van der Waals surface area contributed by atoms with Crippen LogP contribution in [-0.4, -0.2) is 0 Å². The molecule has 0 aromatic heterocycles. The first kappa shape index (κ1) is 10.6. The van der Waals surface area contributed by atoms with Gasteiger partial charge < -0.3 is 0 Å². The molecule has 1 nitrogen and oxygen atoms in total. The van der Waals surface area contributed by atoms with Crippen LogP contribution in [0.4, 0.5) is 0 Å². The van der Waals surface area contributed by atoms with Gasteiger partial charge in [0.2, 0.25) is 0 Å². The first-order valence-electron chi connectivity index (χ1n) is 5.68. The van der Waals surface area contributed by atoms with Crippen LogP contribution in [0.25, 0.3) is 0 Å². The van der Waals surface area contributed by atoms with Crippen molar-refractivity contribution in [3.05, 3.63) is 0 Å². The van der Waals surface area contributed by atoms with Crippen molar-refractivity contribution in [1.29, 1.82) is 5.26 Å². The van der Waals surface area contributed by atoms with Gasteiger partial charge in [0.25, 0.3) is 0 Å². The number of hydrogen-bond acceptors (Lipinski definition) is 1. The second-order valence-corrected chi connectivity index (χ2v) is 4.65. The molecule has 0 heterocycles. The molecule has 0 aromatic rings. The molecule has 0 radical (unpaired) electrons. The molecule has 1 fully saturated rings. The standard InChI is InChI=1S/C12H21N/c1-12(11-13)9-7-5-3-2-4-6-8-10-12/h2-10H2,1H3. The van der Waals surface area contributed by atoms with Gasteiger partial charge in [-0.05, 0) is 19.8 Å². The SMILES string of the molecule is CC1(C#N)CCCCCCCCC1. The molecule has 13 heavy (non-hydrogen) atoms. The van der Waals surface area contributed by atoms with E-state index in [1.165, 1.54) is 44.9 Å². The quantitative estimate of drug-likeness (QED) is 0.550. The van der Waals surface area contributed by atoms with E-state index in [1.807, 2.05) is 0 Å². The van der Waals surface area contributed by atoms with Gasteiger partial charge in [-0.15, -0.1) is 0 Å². The summed E-state index contributed by atoms with van der Waals surface area (Å²) >= 11 is 0. The molecule has 0 atom stereocenters. The fourth-order valence-corrected chi connectivity index (χ4v) is 2.15. The lowest BCUT2D eigenvalue weighted by Gasteiger charge is -2.22. The van der Waals surface area contributed by atoms with Crippen LogP contribution in [0.1, 0.15) is 64.7 Å². The van der Waals surface area contributed by atoms with Crippen molar-refractivity contribution >= 4 is 0 Å². The molecule has 0 aromatic carbocycles. The van der Waals surface area contributed by atoms with Gasteiger partial charge in [0.1, 0.15) is 0 Å². The lowest BCUT2D eigenvalue weighted by atomic mass is 9.80. The van der Waals surface area contributed by atoms with Gasteiger partial charge in [-0.25, -0.2) is 0 Å².